The normalized spacial score (nSPS) is 11.8. The number of thioether (sulfide) groups is 1. The van der Waals surface area contributed by atoms with Crippen LogP contribution in [0.25, 0.3) is 27.8 Å². The lowest BCUT2D eigenvalue weighted by Crippen LogP contribution is -2.22. The molecule has 36 heavy (non-hydrogen) atoms. The van der Waals surface area contributed by atoms with Crippen molar-refractivity contribution in [2.45, 2.75) is 24.3 Å². The van der Waals surface area contributed by atoms with E-state index in [1.807, 2.05) is 97.3 Å². The van der Waals surface area contributed by atoms with Gasteiger partial charge in [-0.15, -0.1) is 10.2 Å². The second kappa shape index (κ2) is 10.6. The van der Waals surface area contributed by atoms with Crippen LogP contribution in [0.5, 0.6) is 5.75 Å². The molecule has 0 saturated carbocycles. The molecule has 5 rings (SSSR count). The van der Waals surface area contributed by atoms with Crippen molar-refractivity contribution in [2.75, 3.05) is 11.9 Å². The van der Waals surface area contributed by atoms with Crippen molar-refractivity contribution >= 4 is 34.1 Å². The number of benzene rings is 3. The average Bonchev–Trinajstić information content (AvgIpc) is 3.33. The van der Waals surface area contributed by atoms with E-state index >= 15 is 0 Å². The van der Waals surface area contributed by atoms with Crippen LogP contribution in [0.2, 0.25) is 0 Å². The smallest absolute Gasteiger partial charge is 0.237 e. The SMILES string of the molecule is CCOc1ccc(-n2c(SC(C)C(=O)Nc3ccc4ccccc4c3)nnc2-c2ccncc2)cc1. The molecule has 2 heterocycles. The maximum absolute atomic E-state index is 13.1. The van der Waals surface area contributed by atoms with Crippen LogP contribution in [-0.4, -0.2) is 37.5 Å². The maximum Gasteiger partial charge on any atom is 0.237 e. The molecule has 0 fully saturated rings. The Balaban J connectivity index is 1.41. The van der Waals surface area contributed by atoms with Crippen LogP contribution in [0.3, 0.4) is 0 Å². The van der Waals surface area contributed by atoms with Gasteiger partial charge in [0.2, 0.25) is 5.91 Å². The van der Waals surface area contributed by atoms with Crippen LogP contribution in [0, 0.1) is 0 Å². The highest BCUT2D eigenvalue weighted by Gasteiger charge is 2.22. The summed E-state index contributed by atoms with van der Waals surface area (Å²) in [5.74, 6) is 1.35. The van der Waals surface area contributed by atoms with Crippen LogP contribution < -0.4 is 10.1 Å². The van der Waals surface area contributed by atoms with E-state index in [-0.39, 0.29) is 5.91 Å². The van der Waals surface area contributed by atoms with Crippen molar-refractivity contribution in [3.05, 3.63) is 91.3 Å². The summed E-state index contributed by atoms with van der Waals surface area (Å²) in [7, 11) is 0. The predicted octanol–water partition coefficient (Wildman–Crippen LogP) is 6.00. The molecule has 7 nitrogen and oxygen atoms in total. The third kappa shape index (κ3) is 5.08. The number of amides is 1. The molecule has 0 bridgehead atoms. The van der Waals surface area contributed by atoms with Gasteiger partial charge in [0.05, 0.1) is 11.9 Å². The van der Waals surface area contributed by atoms with E-state index in [9.17, 15) is 4.79 Å². The second-order valence-electron chi connectivity index (χ2n) is 8.12. The summed E-state index contributed by atoms with van der Waals surface area (Å²) in [4.78, 5) is 17.2. The Morgan fingerprint density at radius 2 is 1.72 bits per heavy atom. The van der Waals surface area contributed by atoms with Gasteiger partial charge in [0.1, 0.15) is 5.75 Å². The molecule has 2 aromatic heterocycles. The first kappa shape index (κ1) is 23.6. The fourth-order valence-electron chi connectivity index (χ4n) is 3.85. The van der Waals surface area contributed by atoms with Gasteiger partial charge in [-0.2, -0.15) is 0 Å². The number of rotatable bonds is 8. The van der Waals surface area contributed by atoms with E-state index in [1.165, 1.54) is 11.8 Å². The first-order valence-corrected chi connectivity index (χ1v) is 12.6. The summed E-state index contributed by atoms with van der Waals surface area (Å²) < 4.78 is 7.55. The standard InChI is InChI=1S/C28H25N5O2S/c1-3-35-25-12-10-24(11-13-25)33-26(21-14-16-29-17-15-21)31-32-28(33)36-19(2)27(34)30-23-9-8-20-6-4-5-7-22(20)18-23/h4-19H,3H2,1-2H3,(H,30,34). The zero-order valence-electron chi connectivity index (χ0n) is 20.0. The van der Waals surface area contributed by atoms with Gasteiger partial charge >= 0.3 is 0 Å². The number of hydrogen-bond acceptors (Lipinski definition) is 6. The highest BCUT2D eigenvalue weighted by atomic mass is 32.2. The Labute approximate surface area is 213 Å². The highest BCUT2D eigenvalue weighted by molar-refractivity contribution is 8.00. The topological polar surface area (TPSA) is 81.9 Å². The van der Waals surface area contributed by atoms with Crippen molar-refractivity contribution in [3.63, 3.8) is 0 Å². The summed E-state index contributed by atoms with van der Waals surface area (Å²) in [5.41, 5.74) is 2.52. The number of pyridine rings is 1. The number of aromatic nitrogens is 4. The van der Waals surface area contributed by atoms with E-state index in [0.717, 1.165) is 33.5 Å². The van der Waals surface area contributed by atoms with Gasteiger partial charge in [-0.1, -0.05) is 42.1 Å². The number of ether oxygens (including phenoxy) is 1. The van der Waals surface area contributed by atoms with Gasteiger partial charge in [0.15, 0.2) is 11.0 Å². The lowest BCUT2D eigenvalue weighted by molar-refractivity contribution is -0.115. The number of carbonyl (C=O) groups excluding carboxylic acids is 1. The average molecular weight is 496 g/mol. The molecular formula is C28H25N5O2S. The molecule has 1 atom stereocenters. The van der Waals surface area contributed by atoms with Gasteiger partial charge in [0, 0.05) is 29.3 Å². The largest absolute Gasteiger partial charge is 0.494 e. The maximum atomic E-state index is 13.1. The Hall–Kier alpha value is -4.17. The van der Waals surface area contributed by atoms with E-state index in [4.69, 9.17) is 4.74 Å². The number of hydrogen-bond donors (Lipinski definition) is 1. The molecule has 1 N–H and O–H groups in total. The van der Waals surface area contributed by atoms with Crippen LogP contribution in [0.4, 0.5) is 5.69 Å². The van der Waals surface area contributed by atoms with E-state index in [0.29, 0.717) is 17.6 Å². The van der Waals surface area contributed by atoms with E-state index in [1.54, 1.807) is 12.4 Å². The molecule has 0 spiro atoms. The summed E-state index contributed by atoms with van der Waals surface area (Å²) >= 11 is 1.36. The quantitative estimate of drug-likeness (QED) is 0.266. The number of nitrogens with one attached hydrogen (secondary N) is 1. The Kier molecular flexibility index (Phi) is 6.95. The lowest BCUT2D eigenvalue weighted by atomic mass is 10.1. The number of fused-ring (bicyclic) bond motifs is 1. The fraction of sp³-hybridized carbons (Fsp3) is 0.143. The Morgan fingerprint density at radius 3 is 2.47 bits per heavy atom. The van der Waals surface area contributed by atoms with Crippen molar-refractivity contribution in [1.29, 1.82) is 0 Å². The van der Waals surface area contributed by atoms with Gasteiger partial charge in [-0.3, -0.25) is 14.3 Å². The Morgan fingerprint density at radius 1 is 0.972 bits per heavy atom. The molecule has 3 aromatic carbocycles. The Bertz CT molecular complexity index is 1490. The molecule has 0 aliphatic rings. The van der Waals surface area contributed by atoms with Crippen LogP contribution >= 0.6 is 11.8 Å². The van der Waals surface area contributed by atoms with Crippen LogP contribution in [0.1, 0.15) is 13.8 Å². The monoisotopic (exact) mass is 495 g/mol. The highest BCUT2D eigenvalue weighted by Crippen LogP contribution is 2.31. The molecule has 0 radical (unpaired) electrons. The molecule has 1 amide bonds. The van der Waals surface area contributed by atoms with Crippen molar-refractivity contribution in [3.8, 4) is 22.8 Å². The zero-order chi connectivity index (χ0) is 24.9. The molecule has 8 heteroatoms. The summed E-state index contributed by atoms with van der Waals surface area (Å²) in [6, 6.07) is 25.5. The zero-order valence-corrected chi connectivity index (χ0v) is 20.8. The minimum absolute atomic E-state index is 0.109. The third-order valence-electron chi connectivity index (χ3n) is 5.65. The first-order chi connectivity index (χ1) is 17.6. The molecule has 180 valence electrons. The number of anilines is 1. The van der Waals surface area contributed by atoms with Crippen molar-refractivity contribution in [2.24, 2.45) is 0 Å². The second-order valence-corrected chi connectivity index (χ2v) is 9.42. The summed E-state index contributed by atoms with van der Waals surface area (Å²) in [6.45, 7) is 4.41. The minimum atomic E-state index is -0.410. The third-order valence-corrected chi connectivity index (χ3v) is 6.69. The van der Waals surface area contributed by atoms with E-state index < -0.39 is 5.25 Å². The van der Waals surface area contributed by atoms with Gasteiger partial charge < -0.3 is 10.1 Å². The van der Waals surface area contributed by atoms with Crippen LogP contribution in [0.15, 0.2) is 96.4 Å². The minimum Gasteiger partial charge on any atom is -0.494 e. The molecule has 0 aliphatic heterocycles. The predicted molar refractivity (Wildman–Crippen MR) is 144 cm³/mol. The lowest BCUT2D eigenvalue weighted by Gasteiger charge is -2.15. The van der Waals surface area contributed by atoms with Crippen LogP contribution in [-0.2, 0) is 4.79 Å². The van der Waals surface area contributed by atoms with E-state index in [2.05, 4.69) is 20.5 Å². The number of nitrogens with zero attached hydrogens (tertiary/aromatic N) is 4. The fourth-order valence-corrected chi connectivity index (χ4v) is 4.72. The van der Waals surface area contributed by atoms with Crippen molar-refractivity contribution in [1.82, 2.24) is 19.7 Å². The molecular weight excluding hydrogens is 470 g/mol. The molecule has 0 aliphatic carbocycles. The summed E-state index contributed by atoms with van der Waals surface area (Å²) in [5, 5.41) is 14.3. The molecule has 0 saturated heterocycles. The van der Waals surface area contributed by atoms with Gasteiger partial charge in [0.25, 0.3) is 0 Å². The van der Waals surface area contributed by atoms with Gasteiger partial charge in [-0.25, -0.2) is 0 Å². The van der Waals surface area contributed by atoms with Crippen molar-refractivity contribution < 1.29 is 9.53 Å². The molecule has 5 aromatic rings. The molecule has 1 unspecified atom stereocenters. The number of carbonyl (C=O) groups is 1. The first-order valence-electron chi connectivity index (χ1n) is 11.7. The summed E-state index contributed by atoms with van der Waals surface area (Å²) in [6.07, 6.45) is 3.44. The van der Waals surface area contributed by atoms with Gasteiger partial charge in [-0.05, 0) is 73.2 Å².